The summed E-state index contributed by atoms with van der Waals surface area (Å²) in [5.41, 5.74) is 7.72. The van der Waals surface area contributed by atoms with Gasteiger partial charge in [-0.2, -0.15) is 0 Å². The average molecular weight is 290 g/mol. The first-order valence-corrected chi connectivity index (χ1v) is 7.18. The van der Waals surface area contributed by atoms with Gasteiger partial charge in [0.1, 0.15) is 10.7 Å². The van der Waals surface area contributed by atoms with Crippen LogP contribution in [0.5, 0.6) is 0 Å². The highest BCUT2D eigenvalue weighted by atomic mass is 32.1. The third-order valence-corrected chi connectivity index (χ3v) is 4.14. The lowest BCUT2D eigenvalue weighted by molar-refractivity contribution is 0.103. The van der Waals surface area contributed by atoms with E-state index in [1.807, 2.05) is 50.1 Å². The standard InChI is InChI=1S/C14H18N4OS/c1-4-18(3)14-17-12(15)11(20-14)13(19)16-10-7-5-9(2)6-8-10/h5-8H,4,15H2,1-3H3,(H,16,19). The number of thiazole rings is 1. The fourth-order valence-corrected chi connectivity index (χ4v) is 2.51. The van der Waals surface area contributed by atoms with Crippen LogP contribution in [0, 0.1) is 6.92 Å². The number of nitrogens with one attached hydrogen (secondary N) is 1. The van der Waals surface area contributed by atoms with Crippen molar-refractivity contribution in [2.45, 2.75) is 13.8 Å². The maximum absolute atomic E-state index is 12.2. The summed E-state index contributed by atoms with van der Waals surface area (Å²) in [4.78, 5) is 18.8. The second kappa shape index (κ2) is 5.92. The van der Waals surface area contributed by atoms with Crippen LogP contribution in [0.25, 0.3) is 0 Å². The lowest BCUT2D eigenvalue weighted by Gasteiger charge is -2.10. The van der Waals surface area contributed by atoms with Crippen molar-refractivity contribution in [1.82, 2.24) is 4.98 Å². The van der Waals surface area contributed by atoms with Gasteiger partial charge in [0, 0.05) is 19.3 Å². The molecule has 0 spiro atoms. The Morgan fingerprint density at radius 3 is 2.65 bits per heavy atom. The van der Waals surface area contributed by atoms with E-state index in [4.69, 9.17) is 5.73 Å². The van der Waals surface area contributed by atoms with Crippen LogP contribution in [0.3, 0.4) is 0 Å². The van der Waals surface area contributed by atoms with Crippen LogP contribution >= 0.6 is 11.3 Å². The average Bonchev–Trinajstić information content (AvgIpc) is 2.82. The number of aromatic nitrogens is 1. The summed E-state index contributed by atoms with van der Waals surface area (Å²) in [7, 11) is 1.92. The Hall–Kier alpha value is -2.08. The highest BCUT2D eigenvalue weighted by molar-refractivity contribution is 7.18. The number of nitrogens with zero attached hydrogens (tertiary/aromatic N) is 2. The van der Waals surface area contributed by atoms with E-state index in [2.05, 4.69) is 10.3 Å². The lowest BCUT2D eigenvalue weighted by atomic mass is 10.2. The van der Waals surface area contributed by atoms with Crippen LogP contribution < -0.4 is 16.0 Å². The summed E-state index contributed by atoms with van der Waals surface area (Å²) in [6.07, 6.45) is 0. The van der Waals surface area contributed by atoms with Crippen LogP contribution in [0.15, 0.2) is 24.3 Å². The zero-order valence-electron chi connectivity index (χ0n) is 11.8. The Kier molecular flexibility index (Phi) is 4.24. The largest absolute Gasteiger partial charge is 0.382 e. The molecule has 20 heavy (non-hydrogen) atoms. The first kappa shape index (κ1) is 14.3. The van der Waals surface area contributed by atoms with Gasteiger partial charge in [-0.3, -0.25) is 4.79 Å². The number of amides is 1. The van der Waals surface area contributed by atoms with Crippen molar-refractivity contribution in [2.24, 2.45) is 0 Å². The molecular weight excluding hydrogens is 272 g/mol. The van der Waals surface area contributed by atoms with Crippen LogP contribution in [-0.4, -0.2) is 24.5 Å². The molecule has 0 aliphatic rings. The summed E-state index contributed by atoms with van der Waals surface area (Å²) in [6.45, 7) is 4.83. The second-order valence-electron chi connectivity index (χ2n) is 4.55. The quantitative estimate of drug-likeness (QED) is 0.908. The van der Waals surface area contributed by atoms with Crippen molar-refractivity contribution >= 4 is 33.9 Å². The summed E-state index contributed by atoms with van der Waals surface area (Å²) in [5, 5.41) is 3.58. The van der Waals surface area contributed by atoms with Crippen LogP contribution in [0.2, 0.25) is 0 Å². The van der Waals surface area contributed by atoms with Crippen molar-refractivity contribution in [3.63, 3.8) is 0 Å². The molecule has 1 aromatic carbocycles. The van der Waals surface area contributed by atoms with Gasteiger partial charge in [0.15, 0.2) is 5.13 Å². The monoisotopic (exact) mass is 290 g/mol. The normalized spacial score (nSPS) is 10.3. The maximum Gasteiger partial charge on any atom is 0.269 e. The fraction of sp³-hybridized carbons (Fsp3) is 0.286. The number of nitrogens with two attached hydrogens (primary N) is 1. The molecule has 0 atom stereocenters. The highest BCUT2D eigenvalue weighted by Crippen LogP contribution is 2.28. The molecule has 0 aliphatic heterocycles. The number of rotatable bonds is 4. The zero-order valence-corrected chi connectivity index (χ0v) is 12.6. The minimum atomic E-state index is -0.223. The molecule has 1 heterocycles. The van der Waals surface area contributed by atoms with Gasteiger partial charge in [-0.15, -0.1) is 0 Å². The minimum Gasteiger partial charge on any atom is -0.382 e. The van der Waals surface area contributed by atoms with Gasteiger partial charge in [-0.1, -0.05) is 29.0 Å². The molecule has 106 valence electrons. The third-order valence-electron chi connectivity index (χ3n) is 2.96. The Morgan fingerprint density at radius 2 is 2.05 bits per heavy atom. The Bertz CT molecular complexity index is 606. The molecule has 3 N–H and O–H groups in total. The van der Waals surface area contributed by atoms with E-state index in [0.29, 0.717) is 4.88 Å². The topological polar surface area (TPSA) is 71.2 Å². The zero-order chi connectivity index (χ0) is 14.7. The van der Waals surface area contributed by atoms with Crippen LogP contribution in [-0.2, 0) is 0 Å². The predicted octanol–water partition coefficient (Wildman–Crippen LogP) is 2.74. The second-order valence-corrected chi connectivity index (χ2v) is 5.52. The van der Waals surface area contributed by atoms with Crippen molar-refractivity contribution in [3.05, 3.63) is 34.7 Å². The molecule has 5 nitrogen and oxygen atoms in total. The molecule has 0 bridgehead atoms. The number of hydrogen-bond donors (Lipinski definition) is 2. The minimum absolute atomic E-state index is 0.223. The van der Waals surface area contributed by atoms with E-state index in [-0.39, 0.29) is 11.7 Å². The predicted molar refractivity (Wildman–Crippen MR) is 84.6 cm³/mol. The number of carbonyl (C=O) groups is 1. The van der Waals surface area contributed by atoms with Crippen LogP contribution in [0.4, 0.5) is 16.6 Å². The van der Waals surface area contributed by atoms with E-state index >= 15 is 0 Å². The van der Waals surface area contributed by atoms with Gasteiger partial charge >= 0.3 is 0 Å². The maximum atomic E-state index is 12.2. The van der Waals surface area contributed by atoms with Crippen LogP contribution in [0.1, 0.15) is 22.2 Å². The SMILES string of the molecule is CCN(C)c1nc(N)c(C(=O)Nc2ccc(C)cc2)s1. The number of aryl methyl sites for hydroxylation is 1. The van der Waals surface area contributed by atoms with E-state index in [0.717, 1.165) is 22.9 Å². The molecule has 2 aromatic rings. The van der Waals surface area contributed by atoms with Gasteiger partial charge in [0.2, 0.25) is 0 Å². The molecule has 0 saturated carbocycles. The molecular formula is C14H18N4OS. The molecule has 6 heteroatoms. The number of hydrogen-bond acceptors (Lipinski definition) is 5. The molecule has 1 amide bonds. The molecule has 2 rings (SSSR count). The van der Waals surface area contributed by atoms with Gasteiger partial charge in [-0.05, 0) is 26.0 Å². The van der Waals surface area contributed by atoms with E-state index in [1.54, 1.807) is 0 Å². The van der Waals surface area contributed by atoms with Gasteiger partial charge in [0.25, 0.3) is 5.91 Å². The lowest BCUT2D eigenvalue weighted by Crippen LogP contribution is -2.15. The molecule has 0 fully saturated rings. The summed E-state index contributed by atoms with van der Waals surface area (Å²) >= 11 is 1.30. The van der Waals surface area contributed by atoms with E-state index in [1.165, 1.54) is 11.3 Å². The third kappa shape index (κ3) is 3.08. The Morgan fingerprint density at radius 1 is 1.40 bits per heavy atom. The van der Waals surface area contributed by atoms with Gasteiger partial charge in [0.05, 0.1) is 0 Å². The number of benzene rings is 1. The van der Waals surface area contributed by atoms with Gasteiger partial charge in [-0.25, -0.2) is 4.98 Å². The summed E-state index contributed by atoms with van der Waals surface area (Å²) in [6, 6.07) is 7.62. The highest BCUT2D eigenvalue weighted by Gasteiger charge is 2.17. The van der Waals surface area contributed by atoms with Crippen molar-refractivity contribution in [1.29, 1.82) is 0 Å². The first-order valence-electron chi connectivity index (χ1n) is 6.36. The van der Waals surface area contributed by atoms with Crippen molar-refractivity contribution < 1.29 is 4.79 Å². The Labute approximate surface area is 122 Å². The number of carbonyl (C=O) groups excluding carboxylic acids is 1. The number of nitrogen functional groups attached to an aromatic ring is 1. The number of anilines is 3. The first-order chi connectivity index (χ1) is 9.51. The van der Waals surface area contributed by atoms with E-state index < -0.39 is 0 Å². The molecule has 0 saturated heterocycles. The summed E-state index contributed by atoms with van der Waals surface area (Å²) in [5.74, 6) is 0.0505. The summed E-state index contributed by atoms with van der Waals surface area (Å²) < 4.78 is 0. The van der Waals surface area contributed by atoms with Crippen molar-refractivity contribution in [2.75, 3.05) is 29.5 Å². The molecule has 0 unspecified atom stereocenters. The Balaban J connectivity index is 2.17. The molecule has 0 radical (unpaired) electrons. The van der Waals surface area contributed by atoms with Crippen molar-refractivity contribution in [3.8, 4) is 0 Å². The fourth-order valence-electron chi connectivity index (χ4n) is 1.61. The van der Waals surface area contributed by atoms with Gasteiger partial charge < -0.3 is 16.0 Å². The smallest absolute Gasteiger partial charge is 0.269 e. The molecule has 1 aromatic heterocycles. The molecule has 0 aliphatic carbocycles. The van der Waals surface area contributed by atoms with E-state index in [9.17, 15) is 4.79 Å².